The highest BCUT2D eigenvalue weighted by atomic mass is 15.1. The molecule has 0 atom stereocenters. The minimum Gasteiger partial charge on any atom is -0.310 e. The molecule has 1 fully saturated rings. The first-order valence-electron chi connectivity index (χ1n) is 21.9. The summed E-state index contributed by atoms with van der Waals surface area (Å²) in [6.07, 6.45) is 5.37. The van der Waals surface area contributed by atoms with E-state index in [1.54, 1.807) is 0 Å². The summed E-state index contributed by atoms with van der Waals surface area (Å²) in [6, 6.07) is 68.6. The number of rotatable bonds is 7. The fourth-order valence-corrected chi connectivity index (χ4v) is 10.9. The minimum atomic E-state index is -0.167. The second-order valence-electron chi connectivity index (χ2n) is 18.4. The Morgan fingerprint density at radius 2 is 0.867 bits per heavy atom. The first-order chi connectivity index (χ1) is 29.3. The van der Waals surface area contributed by atoms with Crippen LogP contribution >= 0.6 is 0 Å². The predicted octanol–water partition coefficient (Wildman–Crippen LogP) is 16.4. The van der Waals surface area contributed by atoms with Gasteiger partial charge in [0.05, 0.1) is 5.69 Å². The molecule has 60 heavy (non-hydrogen) atoms. The highest BCUT2D eigenvalue weighted by molar-refractivity contribution is 5.92. The molecule has 1 nitrogen and oxygen atoms in total. The highest BCUT2D eigenvalue weighted by Crippen LogP contribution is 2.54. The summed E-state index contributed by atoms with van der Waals surface area (Å²) in [4.78, 5) is 2.46. The quantitative estimate of drug-likeness (QED) is 0.156. The van der Waals surface area contributed by atoms with E-state index in [1.807, 2.05) is 0 Å². The van der Waals surface area contributed by atoms with E-state index < -0.39 is 0 Å². The van der Waals surface area contributed by atoms with E-state index in [0.717, 1.165) is 23.0 Å². The summed E-state index contributed by atoms with van der Waals surface area (Å²) in [5.41, 5.74) is 23.2. The van der Waals surface area contributed by atoms with Crippen molar-refractivity contribution < 1.29 is 0 Å². The lowest BCUT2D eigenvalue weighted by Crippen LogP contribution is -2.17. The summed E-state index contributed by atoms with van der Waals surface area (Å²) in [5, 5.41) is 0. The van der Waals surface area contributed by atoms with Crippen molar-refractivity contribution >= 4 is 17.1 Å². The molecule has 0 unspecified atom stereocenters. The first-order valence-corrected chi connectivity index (χ1v) is 21.9. The third kappa shape index (κ3) is 5.89. The van der Waals surface area contributed by atoms with Crippen LogP contribution in [0.4, 0.5) is 17.1 Å². The molecule has 0 aliphatic heterocycles. The fourth-order valence-electron chi connectivity index (χ4n) is 10.9. The van der Waals surface area contributed by atoms with E-state index in [2.05, 4.69) is 215 Å². The van der Waals surface area contributed by atoms with Crippen molar-refractivity contribution in [3.05, 3.63) is 210 Å². The Bertz CT molecular complexity index is 2910. The fraction of sp³-hybridized carbons (Fsp3) is 0.186. The molecule has 1 heteroatoms. The molecule has 0 saturated heterocycles. The van der Waals surface area contributed by atoms with Crippen molar-refractivity contribution in [2.45, 2.75) is 70.1 Å². The summed E-state index contributed by atoms with van der Waals surface area (Å²) < 4.78 is 0. The third-order valence-electron chi connectivity index (χ3n) is 14.3. The molecule has 0 aromatic heterocycles. The van der Waals surface area contributed by atoms with E-state index in [9.17, 15) is 0 Å². The zero-order chi connectivity index (χ0) is 40.6. The normalized spacial score (nSPS) is 15.6. The maximum absolute atomic E-state index is 2.46. The molecule has 292 valence electrons. The Balaban J connectivity index is 0.992. The molecule has 8 aromatic rings. The van der Waals surface area contributed by atoms with E-state index in [4.69, 9.17) is 0 Å². The summed E-state index contributed by atoms with van der Waals surface area (Å²) in [6.45, 7) is 9.49. The minimum absolute atomic E-state index is 0.00124. The van der Waals surface area contributed by atoms with Gasteiger partial charge in [0.1, 0.15) is 0 Å². The largest absolute Gasteiger partial charge is 0.310 e. The molecule has 0 N–H and O–H groups in total. The van der Waals surface area contributed by atoms with Gasteiger partial charge in [-0.2, -0.15) is 0 Å². The maximum atomic E-state index is 2.46. The topological polar surface area (TPSA) is 3.24 Å². The van der Waals surface area contributed by atoms with Gasteiger partial charge in [-0.25, -0.2) is 0 Å². The lowest BCUT2D eigenvalue weighted by atomic mass is 9.81. The van der Waals surface area contributed by atoms with Gasteiger partial charge in [-0.3, -0.25) is 0 Å². The van der Waals surface area contributed by atoms with E-state index in [1.165, 1.54) is 109 Å². The number of hydrogen-bond donors (Lipinski definition) is 0. The molecule has 3 aliphatic carbocycles. The Labute approximate surface area is 356 Å². The average molecular weight is 774 g/mol. The zero-order valence-electron chi connectivity index (χ0n) is 35.2. The van der Waals surface area contributed by atoms with Crippen molar-refractivity contribution in [1.82, 2.24) is 0 Å². The monoisotopic (exact) mass is 773 g/mol. The number of para-hydroxylation sites is 1. The van der Waals surface area contributed by atoms with Crippen LogP contribution in [0.15, 0.2) is 182 Å². The molecule has 0 spiro atoms. The Morgan fingerprint density at radius 1 is 0.367 bits per heavy atom. The van der Waals surface area contributed by atoms with Crippen molar-refractivity contribution in [2.75, 3.05) is 4.90 Å². The van der Waals surface area contributed by atoms with Crippen LogP contribution in [0.1, 0.15) is 87.1 Å². The molecule has 11 rings (SSSR count). The van der Waals surface area contributed by atoms with Gasteiger partial charge in [0.25, 0.3) is 0 Å². The summed E-state index contributed by atoms with van der Waals surface area (Å²) in [5.74, 6) is 0.725. The second kappa shape index (κ2) is 14.1. The summed E-state index contributed by atoms with van der Waals surface area (Å²) >= 11 is 0. The molecule has 0 amide bonds. The van der Waals surface area contributed by atoms with Crippen LogP contribution < -0.4 is 4.90 Å². The van der Waals surface area contributed by atoms with Crippen LogP contribution in [0, 0.1) is 0 Å². The molecule has 0 radical (unpaired) electrons. The van der Waals surface area contributed by atoms with Crippen molar-refractivity contribution in [3.63, 3.8) is 0 Å². The lowest BCUT2D eigenvalue weighted by molar-refractivity contribution is 0.660. The standard InChI is InChI=1S/C59H51N/c1-58(2)53-20-12-10-19-49(53)51-36-44(28-34-54(51)58)45-29-35-55-52(37-45)50-33-32-47(38-56(50)59(55,3)4)60(57-21-13-11-18-48(57)43-16-6-5-7-17-43)46-30-26-42(27-31-46)41-24-22-40(23-25-41)39-14-8-9-15-39/h5-7,10-13,16-39H,8-9,14-15H2,1-4H3. The molecule has 0 heterocycles. The number of benzene rings is 8. The average Bonchev–Trinajstić information content (AvgIpc) is 3.98. The summed E-state index contributed by atoms with van der Waals surface area (Å²) in [7, 11) is 0. The van der Waals surface area contributed by atoms with Gasteiger partial charge >= 0.3 is 0 Å². The molecule has 3 aliphatic rings. The number of anilines is 3. The van der Waals surface area contributed by atoms with Gasteiger partial charge in [0, 0.05) is 27.8 Å². The highest BCUT2D eigenvalue weighted by Gasteiger charge is 2.38. The second-order valence-corrected chi connectivity index (χ2v) is 18.4. The van der Waals surface area contributed by atoms with Crippen LogP contribution in [0.5, 0.6) is 0 Å². The van der Waals surface area contributed by atoms with Crippen molar-refractivity contribution in [3.8, 4) is 55.6 Å². The SMILES string of the molecule is CC1(C)c2ccccc2-c2cc(-c3ccc4c(c3)-c3ccc(N(c5ccc(-c6ccc(C7CCCC7)cc6)cc5)c5ccccc5-c5ccccc5)cc3C4(C)C)ccc21. The molecular weight excluding hydrogens is 723 g/mol. The maximum Gasteiger partial charge on any atom is 0.0540 e. The lowest BCUT2D eigenvalue weighted by Gasteiger charge is -2.30. The third-order valence-corrected chi connectivity index (χ3v) is 14.3. The van der Waals surface area contributed by atoms with E-state index in [-0.39, 0.29) is 10.8 Å². The molecule has 8 aromatic carbocycles. The molecular formula is C59H51N. The smallest absolute Gasteiger partial charge is 0.0540 e. The van der Waals surface area contributed by atoms with Crippen LogP contribution in [0.25, 0.3) is 55.6 Å². The van der Waals surface area contributed by atoms with Crippen LogP contribution in [0.3, 0.4) is 0 Å². The number of nitrogens with zero attached hydrogens (tertiary/aromatic N) is 1. The molecule has 0 bridgehead atoms. The predicted molar refractivity (Wildman–Crippen MR) is 254 cm³/mol. The van der Waals surface area contributed by atoms with Crippen LogP contribution in [-0.2, 0) is 10.8 Å². The first kappa shape index (κ1) is 36.6. The Kier molecular flexibility index (Phi) is 8.60. The van der Waals surface area contributed by atoms with Gasteiger partial charge in [0.15, 0.2) is 0 Å². The Morgan fingerprint density at radius 3 is 1.53 bits per heavy atom. The number of hydrogen-bond acceptors (Lipinski definition) is 1. The van der Waals surface area contributed by atoms with Gasteiger partial charge in [-0.05, 0) is 139 Å². The van der Waals surface area contributed by atoms with Crippen molar-refractivity contribution in [1.29, 1.82) is 0 Å². The molecule has 1 saturated carbocycles. The van der Waals surface area contributed by atoms with E-state index >= 15 is 0 Å². The van der Waals surface area contributed by atoms with Gasteiger partial charge in [0.2, 0.25) is 0 Å². The van der Waals surface area contributed by atoms with Crippen LogP contribution in [-0.4, -0.2) is 0 Å². The zero-order valence-corrected chi connectivity index (χ0v) is 35.2. The van der Waals surface area contributed by atoms with E-state index in [0.29, 0.717) is 0 Å². The van der Waals surface area contributed by atoms with Crippen LogP contribution in [0.2, 0.25) is 0 Å². The Hall–Kier alpha value is -6.44. The van der Waals surface area contributed by atoms with Gasteiger partial charge in [-0.15, -0.1) is 0 Å². The van der Waals surface area contributed by atoms with Gasteiger partial charge < -0.3 is 4.90 Å². The van der Waals surface area contributed by atoms with Crippen molar-refractivity contribution in [2.24, 2.45) is 0 Å². The van der Waals surface area contributed by atoms with Gasteiger partial charge in [-0.1, -0.05) is 180 Å². The number of fused-ring (bicyclic) bond motifs is 6.